The number of aromatic nitrogens is 7. The van der Waals surface area contributed by atoms with Crippen molar-refractivity contribution in [3.63, 3.8) is 0 Å². The van der Waals surface area contributed by atoms with Gasteiger partial charge in [-0.15, -0.1) is 56.7 Å². The van der Waals surface area contributed by atoms with Crippen LogP contribution in [0.4, 0.5) is 0 Å². The van der Waals surface area contributed by atoms with Crippen molar-refractivity contribution < 1.29 is 73.0 Å². The largest absolute Gasteiger partial charge is 0.506 e. The van der Waals surface area contributed by atoms with Crippen LogP contribution in [0.1, 0.15) is 105 Å². The number of cyclic esters (lactones) is 2. The zero-order valence-corrected chi connectivity index (χ0v) is 45.9. The van der Waals surface area contributed by atoms with Gasteiger partial charge in [0.05, 0.1) is 25.3 Å². The first kappa shape index (κ1) is 54.3. The molecule has 5 amide bonds. The number of primary amides is 1. The third kappa shape index (κ3) is 10.2. The van der Waals surface area contributed by atoms with Crippen molar-refractivity contribution in [2.24, 2.45) is 5.73 Å². The van der Waals surface area contributed by atoms with Crippen molar-refractivity contribution in [3.05, 3.63) is 112 Å². The number of fused-ring (bicyclic) bond motifs is 15. The van der Waals surface area contributed by atoms with Crippen LogP contribution >= 0.6 is 56.7 Å². The number of rotatable bonds is 4. The highest BCUT2D eigenvalue weighted by atomic mass is 32.1. The number of benzene rings is 1. The minimum absolute atomic E-state index is 0.00167. The number of ether oxygens (including phenoxy) is 4. The van der Waals surface area contributed by atoms with Crippen LogP contribution in [-0.4, -0.2) is 135 Å². The van der Waals surface area contributed by atoms with Crippen molar-refractivity contribution in [2.75, 3.05) is 13.7 Å². The maximum atomic E-state index is 14.5. The van der Waals surface area contributed by atoms with E-state index in [9.17, 15) is 54.1 Å². The number of pyridine rings is 1. The number of nitrogens with two attached hydrogens (primary N) is 1. The molecule has 1 aromatic carbocycles. The fourth-order valence-electron chi connectivity index (χ4n) is 8.82. The summed E-state index contributed by atoms with van der Waals surface area (Å²) < 4.78 is 23.9. The van der Waals surface area contributed by atoms with E-state index < -0.39 is 109 Å². The molecule has 416 valence electrons. The first-order valence-electron chi connectivity index (χ1n) is 23.8. The Morgan fingerprint density at radius 1 is 0.802 bits per heavy atom. The highest BCUT2D eigenvalue weighted by Crippen LogP contribution is 2.42. The number of thiazole rings is 5. The van der Waals surface area contributed by atoms with E-state index in [0.29, 0.717) is 10.3 Å². The molecule has 10 heterocycles. The molecule has 12 bridgehead atoms. The number of hydrogen-bond acceptors (Lipinski definition) is 26. The number of carbonyl (C=O) groups excluding carboxylic acids is 7. The Morgan fingerprint density at radius 3 is 2.21 bits per heavy atom. The van der Waals surface area contributed by atoms with Crippen LogP contribution in [0.25, 0.3) is 49.3 Å². The average Bonchev–Trinajstić information content (AvgIpc) is 4.53. The summed E-state index contributed by atoms with van der Waals surface area (Å²) in [4.78, 5) is 125. The molecule has 11 rings (SSSR count). The molecule has 3 aliphatic rings. The molecule has 0 unspecified atom stereocenters. The number of esters is 2. The highest BCUT2D eigenvalue weighted by Gasteiger charge is 2.42. The van der Waals surface area contributed by atoms with Crippen molar-refractivity contribution >= 4 is 115 Å². The lowest BCUT2D eigenvalue weighted by atomic mass is 10.0. The molecule has 0 saturated heterocycles. The lowest BCUT2D eigenvalue weighted by molar-refractivity contribution is -0.166. The van der Waals surface area contributed by atoms with Crippen LogP contribution in [0.5, 0.6) is 5.75 Å². The van der Waals surface area contributed by atoms with Crippen LogP contribution in [0, 0.1) is 0 Å². The average molecular weight is 1200 g/mol. The number of amides is 5. The molecular formula is C49H40N12O15S5. The van der Waals surface area contributed by atoms with Gasteiger partial charge in [0.15, 0.2) is 11.8 Å². The molecule has 0 saturated carbocycles. The smallest absolute Gasteiger partial charge is 0.358 e. The summed E-state index contributed by atoms with van der Waals surface area (Å²) in [5.41, 5.74) is 4.64. The second-order valence-corrected chi connectivity index (χ2v) is 22.4. The standard InChI is InChI=1S/C49H40N12O15S5/c1-16(62)30-42(69)59-31(17(2)73-3)45-55-26(15-80-45)41(68)60-34-37-36(64)49(71)75-8-18-5-4-6-27-29(18)20(9-74-37)35(61(27)72)48(70)76-10-21(51-39(66)24-14-81-47(34)56-24)44-52-22(11-78-44)32-19(43-54-25(13-77-43)40(67)58-30)7-28(63)33(57-32)46-53-23(12-79-46)38(50)65/h4-7,11-16,21,30,34,36-37,62-64,72H,8-10H2,1-3H3,(H2,50,65)(H,51,66)(H,58,67)(H,59,69)(H,60,68)/t16-,21+,30+,34+,36+,37+/m1/s1. The van der Waals surface area contributed by atoms with Crippen molar-refractivity contribution in [1.29, 1.82) is 0 Å². The number of carbonyl (C=O) groups is 7. The third-order valence-electron chi connectivity index (χ3n) is 12.9. The predicted molar refractivity (Wildman–Crippen MR) is 287 cm³/mol. The number of methoxy groups -OCH3 is 1. The Labute approximate surface area is 474 Å². The molecule has 0 fully saturated rings. The van der Waals surface area contributed by atoms with Crippen LogP contribution in [-0.2, 0) is 41.8 Å². The minimum Gasteiger partial charge on any atom is -0.506 e. The number of nitrogens with one attached hydrogen (secondary N) is 4. The maximum absolute atomic E-state index is 14.5. The Balaban J connectivity index is 1.11. The van der Waals surface area contributed by atoms with E-state index in [4.69, 9.17) is 34.6 Å². The topological polar surface area (TPSA) is 394 Å². The van der Waals surface area contributed by atoms with E-state index in [2.05, 4.69) is 41.2 Å². The van der Waals surface area contributed by atoms with Crippen molar-refractivity contribution in [2.45, 2.75) is 63.5 Å². The molecule has 7 aromatic heterocycles. The first-order valence-corrected chi connectivity index (χ1v) is 28.2. The molecule has 0 aliphatic carbocycles. The number of nitrogens with zero attached hydrogens (tertiary/aromatic N) is 7. The van der Waals surface area contributed by atoms with E-state index in [1.165, 1.54) is 66.1 Å². The number of aromatic hydroxyl groups is 1. The van der Waals surface area contributed by atoms with Gasteiger partial charge in [0, 0.05) is 43.4 Å². The van der Waals surface area contributed by atoms with Gasteiger partial charge in [-0.25, -0.2) is 39.5 Å². The fourth-order valence-corrected chi connectivity index (χ4v) is 13.0. The zero-order valence-electron chi connectivity index (χ0n) is 41.8. The second-order valence-electron chi connectivity index (χ2n) is 18.0. The number of aliphatic hydroxyl groups is 2. The van der Waals surface area contributed by atoms with E-state index in [-0.39, 0.29) is 98.4 Å². The summed E-state index contributed by atoms with van der Waals surface area (Å²) in [6.45, 7) is 1.03. The first-order chi connectivity index (χ1) is 38.9. The molecule has 6 atom stereocenters. The minimum atomic E-state index is -2.18. The maximum Gasteiger partial charge on any atom is 0.358 e. The summed E-state index contributed by atoms with van der Waals surface area (Å²) in [5, 5.41) is 64.1. The molecule has 3 aliphatic heterocycles. The van der Waals surface area contributed by atoms with Gasteiger partial charge in [0.25, 0.3) is 23.6 Å². The number of hydrogen-bond donors (Lipinski definition) is 9. The molecule has 0 radical (unpaired) electrons. The molecular weight excluding hydrogens is 1160 g/mol. The van der Waals surface area contributed by atoms with Gasteiger partial charge < -0.3 is 66.5 Å². The Kier molecular flexibility index (Phi) is 14.6. The van der Waals surface area contributed by atoms with Gasteiger partial charge in [-0.3, -0.25) is 24.0 Å². The summed E-state index contributed by atoms with van der Waals surface area (Å²) in [5.74, 6) is -7.18. The summed E-state index contributed by atoms with van der Waals surface area (Å²) in [7, 11) is 1.30. The van der Waals surface area contributed by atoms with Gasteiger partial charge in [0.2, 0.25) is 5.91 Å². The van der Waals surface area contributed by atoms with Crippen molar-refractivity contribution in [1.82, 2.24) is 55.9 Å². The van der Waals surface area contributed by atoms with Gasteiger partial charge in [-0.05, 0) is 31.5 Å². The second kappa shape index (κ2) is 21.8. The normalized spacial score (nSPS) is 20.9. The lowest BCUT2D eigenvalue weighted by Gasteiger charge is -2.30. The number of allylic oxidation sites excluding steroid dienone is 1. The highest BCUT2D eigenvalue weighted by molar-refractivity contribution is 7.14. The number of aliphatic hydroxyl groups excluding tert-OH is 2. The van der Waals surface area contributed by atoms with Gasteiger partial charge >= 0.3 is 11.9 Å². The predicted octanol–water partition coefficient (Wildman–Crippen LogP) is 3.42. The summed E-state index contributed by atoms with van der Waals surface area (Å²) in [6, 6.07) is 1.34. The van der Waals surface area contributed by atoms with E-state index in [1.807, 2.05) is 0 Å². The summed E-state index contributed by atoms with van der Waals surface area (Å²) in [6.07, 6.45) is -5.50. The van der Waals surface area contributed by atoms with Crippen LogP contribution < -0.4 is 27.0 Å². The summed E-state index contributed by atoms with van der Waals surface area (Å²) >= 11 is 4.58. The third-order valence-corrected chi connectivity index (χ3v) is 17.4. The fraction of sp³-hybridized carbons (Fsp3) is 0.245. The molecule has 8 aromatic rings. The van der Waals surface area contributed by atoms with Crippen LogP contribution in [0.3, 0.4) is 0 Å². The quantitative estimate of drug-likeness (QED) is 0.0692. The molecule has 27 nitrogen and oxygen atoms in total. The van der Waals surface area contributed by atoms with E-state index in [0.717, 1.165) is 56.7 Å². The molecule has 0 spiro atoms. The van der Waals surface area contributed by atoms with E-state index >= 15 is 0 Å². The van der Waals surface area contributed by atoms with Crippen LogP contribution in [0.15, 0.2) is 56.9 Å². The zero-order chi connectivity index (χ0) is 57.1. The SMILES string of the molecule is COC(C)=C1NC(=O)[C@H]([C@@H](C)O)NC(=O)c2csc(n2)-c2cc(O)c(-c3nc(C(N)=O)cs3)nc2-c2csc(n2)[C@@H]2COC(=O)c3c4c5c(cccc5n3O)COC(=O)[C@@H](O)[C@@H](OC4)[C@H](NC(=O)c3csc1n3)c1nc(cs1)C(=O)N2. The Morgan fingerprint density at radius 2 is 1.47 bits per heavy atom. The molecule has 81 heavy (non-hydrogen) atoms. The Hall–Kier alpha value is -8.63. The van der Waals surface area contributed by atoms with Crippen molar-refractivity contribution in [3.8, 4) is 38.4 Å². The van der Waals surface area contributed by atoms with E-state index in [1.54, 1.807) is 6.07 Å². The van der Waals surface area contributed by atoms with Crippen LogP contribution in [0.2, 0.25) is 0 Å². The monoisotopic (exact) mass is 1200 g/mol. The van der Waals surface area contributed by atoms with Gasteiger partial charge in [-0.2, -0.15) is 4.73 Å². The Bertz CT molecular complexity index is 3950. The molecule has 10 N–H and O–H groups in total. The van der Waals surface area contributed by atoms with Gasteiger partial charge in [-0.1, -0.05) is 12.1 Å². The van der Waals surface area contributed by atoms with Gasteiger partial charge in [0.1, 0.15) is 120 Å². The lowest BCUT2D eigenvalue weighted by Crippen LogP contribution is -2.52. The molecule has 32 heteroatoms.